The van der Waals surface area contributed by atoms with E-state index < -0.39 is 0 Å². The number of rotatable bonds is 32. The van der Waals surface area contributed by atoms with Crippen LogP contribution in [0.3, 0.4) is 0 Å². The predicted octanol–water partition coefficient (Wildman–Crippen LogP) is 16.8. The molecule has 64 heavy (non-hydrogen) atoms. The van der Waals surface area contributed by atoms with Crippen molar-refractivity contribution in [2.45, 2.75) is 266 Å². The lowest BCUT2D eigenvalue weighted by atomic mass is 9.59. The van der Waals surface area contributed by atoms with Crippen molar-refractivity contribution in [2.24, 2.45) is 16.7 Å². The Balaban J connectivity index is 0.000000889. The summed E-state index contributed by atoms with van der Waals surface area (Å²) in [5.41, 5.74) is 1.59. The van der Waals surface area contributed by atoms with E-state index >= 15 is 0 Å². The van der Waals surface area contributed by atoms with Gasteiger partial charge in [-0.1, -0.05) is 169 Å². The largest absolute Gasteiger partial charge is 0.466 e. The van der Waals surface area contributed by atoms with Gasteiger partial charge in [-0.15, -0.1) is 0 Å². The molecule has 0 aromatic carbocycles. The summed E-state index contributed by atoms with van der Waals surface area (Å²) in [6, 6.07) is 0. The predicted molar refractivity (Wildman–Crippen MR) is 281 cm³/mol. The summed E-state index contributed by atoms with van der Waals surface area (Å²) in [5, 5.41) is 3.62. The number of carbonyl (C=O) groups is 2. The van der Waals surface area contributed by atoms with Gasteiger partial charge in [-0.3, -0.25) is 9.59 Å². The van der Waals surface area contributed by atoms with E-state index in [0.717, 1.165) is 64.1 Å². The van der Waals surface area contributed by atoms with Crippen LogP contribution in [0.4, 0.5) is 0 Å². The molecule has 2 bridgehead atoms. The fourth-order valence-corrected chi connectivity index (χ4v) is 11.5. The molecule has 2 aliphatic heterocycles. The van der Waals surface area contributed by atoms with E-state index in [1.54, 1.807) is 0 Å². The van der Waals surface area contributed by atoms with E-state index in [9.17, 15) is 9.59 Å². The maximum Gasteiger partial charge on any atom is 0.306 e. The zero-order valence-electron chi connectivity index (χ0n) is 43.8. The van der Waals surface area contributed by atoms with Crippen LogP contribution in [0.2, 0.25) is 0 Å². The summed E-state index contributed by atoms with van der Waals surface area (Å²) in [6.45, 7) is 24.5. The molecule has 4 fully saturated rings. The lowest BCUT2D eigenvalue weighted by Crippen LogP contribution is -2.42. The summed E-state index contributed by atoms with van der Waals surface area (Å²) in [6.07, 6.45) is 44.5. The van der Waals surface area contributed by atoms with Gasteiger partial charge in [0.05, 0.1) is 19.6 Å². The Morgan fingerprint density at radius 2 is 1.22 bits per heavy atom. The molecule has 3 saturated carbocycles. The summed E-state index contributed by atoms with van der Waals surface area (Å²) < 4.78 is 11.8. The molecular formula is C57H108N2O4S. The number of hydrogen-bond acceptors (Lipinski definition) is 7. The average molecular weight is 918 g/mol. The second kappa shape index (κ2) is 40.6. The first-order chi connectivity index (χ1) is 31.2. The van der Waals surface area contributed by atoms with Crippen molar-refractivity contribution in [1.29, 1.82) is 0 Å². The summed E-state index contributed by atoms with van der Waals surface area (Å²) in [5.74, 6) is 2.12. The van der Waals surface area contributed by atoms with Gasteiger partial charge >= 0.3 is 11.9 Å². The molecule has 1 atom stereocenters. The van der Waals surface area contributed by atoms with Crippen LogP contribution >= 0.6 is 11.8 Å². The SMILES string of the molecule is C=C1CC=CNC1.CC.CCCCCCCCCC.CCCCCCCCCSC(CCC)CCC(=O)OCCC1(CCOC(=O)CC23CCC(CC2)CC3)CCN(CCCC)CC1. The first-order valence-corrected chi connectivity index (χ1v) is 29.0. The molecule has 0 aromatic heterocycles. The maximum absolute atomic E-state index is 12.9. The molecule has 7 heteroatoms. The summed E-state index contributed by atoms with van der Waals surface area (Å²) in [4.78, 5) is 28.3. The number of carbonyl (C=O) groups excluding carboxylic acids is 2. The molecule has 1 saturated heterocycles. The van der Waals surface area contributed by atoms with Crippen LogP contribution in [0, 0.1) is 16.7 Å². The average Bonchev–Trinajstić information content (AvgIpc) is 3.32. The highest BCUT2D eigenvalue weighted by atomic mass is 32.2. The van der Waals surface area contributed by atoms with Gasteiger partial charge in [0.15, 0.2) is 0 Å². The number of unbranched alkanes of at least 4 members (excludes halogenated alkanes) is 14. The van der Waals surface area contributed by atoms with Crippen molar-refractivity contribution in [1.82, 2.24) is 10.2 Å². The van der Waals surface area contributed by atoms with E-state index in [1.165, 1.54) is 178 Å². The van der Waals surface area contributed by atoms with Crippen molar-refractivity contribution >= 4 is 23.7 Å². The summed E-state index contributed by atoms with van der Waals surface area (Å²) in [7, 11) is 0. The Labute approximate surface area is 403 Å². The Hall–Kier alpha value is -1.47. The number of hydrogen-bond donors (Lipinski definition) is 1. The molecule has 1 unspecified atom stereocenters. The van der Waals surface area contributed by atoms with Crippen molar-refractivity contribution in [3.63, 3.8) is 0 Å². The third-order valence-electron chi connectivity index (χ3n) is 14.6. The van der Waals surface area contributed by atoms with Gasteiger partial charge in [0.25, 0.3) is 0 Å². The number of ether oxygens (including phenoxy) is 2. The number of nitrogens with zero attached hydrogens (tertiary/aromatic N) is 1. The minimum atomic E-state index is -0.0314. The van der Waals surface area contributed by atoms with Crippen LogP contribution in [0.25, 0.3) is 0 Å². The number of allylic oxidation sites excluding steroid dienone is 1. The van der Waals surface area contributed by atoms with Gasteiger partial charge in [-0.05, 0) is 145 Å². The third kappa shape index (κ3) is 30.0. The number of thioether (sulfide) groups is 1. The molecule has 6 nitrogen and oxygen atoms in total. The molecular weight excluding hydrogens is 809 g/mol. The molecule has 1 N–H and O–H groups in total. The lowest BCUT2D eigenvalue weighted by molar-refractivity contribution is -0.149. The molecule has 0 aromatic rings. The number of nitrogens with one attached hydrogen (secondary N) is 1. The Bertz CT molecular complexity index is 1120. The topological polar surface area (TPSA) is 67.9 Å². The molecule has 5 aliphatic rings. The minimum absolute atomic E-state index is 0.0174. The Kier molecular flexibility index (Phi) is 38.4. The second-order valence-electron chi connectivity index (χ2n) is 20.1. The highest BCUT2D eigenvalue weighted by molar-refractivity contribution is 7.99. The van der Waals surface area contributed by atoms with Gasteiger partial charge in [-0.25, -0.2) is 0 Å². The van der Waals surface area contributed by atoms with E-state index in [0.29, 0.717) is 31.3 Å². The smallest absolute Gasteiger partial charge is 0.306 e. The number of fused-ring (bicyclic) bond motifs is 3. The highest BCUT2D eigenvalue weighted by Crippen LogP contribution is 2.52. The monoisotopic (exact) mass is 917 g/mol. The van der Waals surface area contributed by atoms with Crippen LogP contribution in [0.5, 0.6) is 0 Å². The number of likely N-dealkylation sites (tertiary alicyclic amines) is 1. The van der Waals surface area contributed by atoms with E-state index in [-0.39, 0.29) is 22.8 Å². The van der Waals surface area contributed by atoms with Crippen molar-refractivity contribution in [3.05, 3.63) is 24.4 Å². The van der Waals surface area contributed by atoms with Crippen LogP contribution in [-0.2, 0) is 19.1 Å². The standard InChI is InChI=1S/C39H71NO4S.C10H22.C6H9N.C2H6/c1-4-7-9-10-11-12-13-32-45-35(14-6-3)15-16-36(41)43-30-25-38(23-28-40(29-24-38)27-8-5-2)26-31-44-37(42)33-39-20-17-34(18-21-39)19-22-39;1-3-5-7-9-10-8-6-4-2;1-6-3-2-4-7-5-6;1-2/h34-35H,4-33H2,1-3H3;3-10H2,1-2H3;2,4,7H,1,3,5H2;1-2H3. The first kappa shape index (κ1) is 60.5. The Morgan fingerprint density at radius 3 is 1.69 bits per heavy atom. The molecule has 0 radical (unpaired) electrons. The zero-order chi connectivity index (χ0) is 47.0. The fourth-order valence-electron chi connectivity index (χ4n) is 10.1. The van der Waals surface area contributed by atoms with Gasteiger partial charge in [0.2, 0.25) is 0 Å². The molecule has 2 heterocycles. The Morgan fingerprint density at radius 1 is 0.703 bits per heavy atom. The van der Waals surface area contributed by atoms with Crippen LogP contribution in [0.1, 0.15) is 260 Å². The van der Waals surface area contributed by atoms with E-state index in [4.69, 9.17) is 9.47 Å². The van der Waals surface area contributed by atoms with E-state index in [1.807, 2.05) is 20.0 Å². The maximum atomic E-state index is 12.9. The molecule has 5 rings (SSSR count). The van der Waals surface area contributed by atoms with E-state index in [2.05, 4.69) is 69.3 Å². The minimum Gasteiger partial charge on any atom is -0.466 e. The lowest BCUT2D eigenvalue weighted by Gasteiger charge is -2.46. The van der Waals surface area contributed by atoms with Crippen molar-refractivity contribution in [3.8, 4) is 0 Å². The summed E-state index contributed by atoms with van der Waals surface area (Å²) >= 11 is 2.08. The van der Waals surface area contributed by atoms with Crippen LogP contribution < -0.4 is 5.32 Å². The van der Waals surface area contributed by atoms with Crippen molar-refractivity contribution in [2.75, 3.05) is 45.1 Å². The van der Waals surface area contributed by atoms with Gasteiger partial charge in [0.1, 0.15) is 0 Å². The quantitative estimate of drug-likeness (QED) is 0.0410. The zero-order valence-corrected chi connectivity index (χ0v) is 44.6. The third-order valence-corrected chi connectivity index (χ3v) is 16.1. The molecule has 0 amide bonds. The van der Waals surface area contributed by atoms with Crippen molar-refractivity contribution < 1.29 is 19.1 Å². The molecule has 0 spiro atoms. The highest BCUT2D eigenvalue weighted by Gasteiger charge is 2.42. The number of esters is 2. The first-order valence-electron chi connectivity index (χ1n) is 27.9. The van der Waals surface area contributed by atoms with Crippen LogP contribution in [0.15, 0.2) is 24.4 Å². The van der Waals surface area contributed by atoms with Crippen LogP contribution in [-0.4, -0.2) is 67.2 Å². The normalized spacial score (nSPS) is 20.4. The molecule has 376 valence electrons. The van der Waals surface area contributed by atoms with Gasteiger partial charge in [0, 0.05) is 18.2 Å². The van der Waals surface area contributed by atoms with Gasteiger partial charge < -0.3 is 19.7 Å². The fraction of sp³-hybridized carbons (Fsp3) is 0.895. The second-order valence-corrected chi connectivity index (χ2v) is 21.5. The van der Waals surface area contributed by atoms with Gasteiger partial charge in [-0.2, -0.15) is 11.8 Å². The molecule has 3 aliphatic carbocycles. The number of piperidine rings is 1.